The molecule has 1 unspecified atom stereocenters. The second kappa shape index (κ2) is 21.2. The SMILES string of the molecule is C=C1CCC(N2C(=O)c3ccc(NCCCOCCOCCOCCCNC(=O)CCc4ccc(N5C[C@@H]6C[C@H]5CN6/C=C/C(=O)c5ccccc5O)cc4)cc3C2=O)C(=O)N1. The standard InChI is InChI=1S/C47H56N6O9/c1-32-8-16-41(45(57)50-32)53-46(58)38-15-12-34(28-40(38)47(53)59)48-19-4-22-60-24-26-62-27-25-61-23-5-20-49-44(56)17-11-33-9-13-35(14-10-33)52-31-36-29-37(52)30-51(36)21-18-43(55)39-6-2-3-7-42(39)54/h2-3,6-7,9-10,12-15,18,21,28,36-37,41,48,54H,1,4-5,8,11,16-17,19-20,22-27,29-31H2,(H,49,56)(H,50,57)/b21-18+/t36-,37-,41?/m0/s1. The fraction of sp³-hybridized carbons (Fsp3) is 0.426. The van der Waals surface area contributed by atoms with Gasteiger partial charge < -0.3 is 45.1 Å². The number of likely N-dealkylation sites (tertiary alicyclic amines) is 1. The maximum atomic E-state index is 13.1. The summed E-state index contributed by atoms with van der Waals surface area (Å²) < 4.78 is 16.9. The minimum atomic E-state index is -0.833. The molecule has 2 bridgehead atoms. The minimum absolute atomic E-state index is 0.00616. The number of carbonyl (C=O) groups is 5. The summed E-state index contributed by atoms with van der Waals surface area (Å²) in [6, 6.07) is 20.0. The molecule has 7 rings (SSSR count). The van der Waals surface area contributed by atoms with E-state index in [-0.39, 0.29) is 23.3 Å². The molecule has 328 valence electrons. The van der Waals surface area contributed by atoms with Crippen molar-refractivity contribution < 1.29 is 43.3 Å². The van der Waals surface area contributed by atoms with Crippen molar-refractivity contribution >= 4 is 40.8 Å². The van der Waals surface area contributed by atoms with Crippen molar-refractivity contribution in [1.29, 1.82) is 0 Å². The lowest BCUT2D eigenvalue weighted by Gasteiger charge is -2.35. The van der Waals surface area contributed by atoms with Crippen LogP contribution in [0.5, 0.6) is 5.75 Å². The number of fused-ring (bicyclic) bond motifs is 3. The topological polar surface area (TPSA) is 179 Å². The van der Waals surface area contributed by atoms with Crippen LogP contribution in [0.2, 0.25) is 0 Å². The summed E-state index contributed by atoms with van der Waals surface area (Å²) in [6.07, 6.45) is 7.85. The van der Waals surface area contributed by atoms with Crippen LogP contribution < -0.4 is 20.9 Å². The molecule has 4 heterocycles. The van der Waals surface area contributed by atoms with E-state index in [1.165, 1.54) is 11.8 Å². The number of benzene rings is 3. The Morgan fingerprint density at radius 2 is 1.55 bits per heavy atom. The molecule has 0 aromatic heterocycles. The third-order valence-corrected chi connectivity index (χ3v) is 11.7. The van der Waals surface area contributed by atoms with E-state index in [9.17, 15) is 29.1 Å². The zero-order valence-corrected chi connectivity index (χ0v) is 35.0. The van der Waals surface area contributed by atoms with Crippen molar-refractivity contribution in [3.05, 3.63) is 114 Å². The summed E-state index contributed by atoms with van der Waals surface area (Å²) in [4.78, 5) is 69.1. The highest BCUT2D eigenvalue weighted by atomic mass is 16.5. The van der Waals surface area contributed by atoms with Gasteiger partial charge >= 0.3 is 0 Å². The van der Waals surface area contributed by atoms with Gasteiger partial charge in [0.05, 0.1) is 43.1 Å². The quantitative estimate of drug-likeness (QED) is 0.0458. The lowest BCUT2D eigenvalue weighted by molar-refractivity contribution is -0.125. The normalized spacial score (nSPS) is 19.4. The molecule has 0 radical (unpaired) electrons. The van der Waals surface area contributed by atoms with Gasteiger partial charge in [0.2, 0.25) is 11.8 Å². The highest BCUT2D eigenvalue weighted by Gasteiger charge is 2.44. The molecule has 3 saturated heterocycles. The van der Waals surface area contributed by atoms with Gasteiger partial charge in [-0.25, -0.2) is 0 Å². The van der Waals surface area contributed by atoms with Crippen LogP contribution in [-0.2, 0) is 30.2 Å². The van der Waals surface area contributed by atoms with Crippen LogP contribution in [0.25, 0.3) is 0 Å². The molecule has 0 aliphatic carbocycles. The monoisotopic (exact) mass is 848 g/mol. The first-order chi connectivity index (χ1) is 30.2. The van der Waals surface area contributed by atoms with Crippen molar-refractivity contribution in [3.8, 4) is 5.75 Å². The number of carbonyl (C=O) groups excluding carboxylic acids is 5. The van der Waals surface area contributed by atoms with E-state index < -0.39 is 17.9 Å². The number of hydrogen-bond acceptors (Lipinski definition) is 12. The highest BCUT2D eigenvalue weighted by Crippen LogP contribution is 2.35. The number of para-hydroxylation sites is 1. The first kappa shape index (κ1) is 44.0. The maximum Gasteiger partial charge on any atom is 0.262 e. The number of piperazine rings is 1. The number of amides is 4. The summed E-state index contributed by atoms with van der Waals surface area (Å²) >= 11 is 0. The number of rotatable bonds is 23. The van der Waals surface area contributed by atoms with Crippen LogP contribution in [0, 0.1) is 0 Å². The number of nitrogens with one attached hydrogen (secondary N) is 3. The van der Waals surface area contributed by atoms with Gasteiger partial charge in [-0.15, -0.1) is 0 Å². The fourth-order valence-corrected chi connectivity index (χ4v) is 8.34. The van der Waals surface area contributed by atoms with Gasteiger partial charge in [0.25, 0.3) is 11.8 Å². The molecular weight excluding hydrogens is 793 g/mol. The largest absolute Gasteiger partial charge is 0.507 e. The van der Waals surface area contributed by atoms with Gasteiger partial charge in [-0.1, -0.05) is 30.8 Å². The van der Waals surface area contributed by atoms with E-state index in [0.717, 1.165) is 36.4 Å². The van der Waals surface area contributed by atoms with Gasteiger partial charge in [0.15, 0.2) is 5.78 Å². The van der Waals surface area contributed by atoms with Crippen LogP contribution >= 0.6 is 0 Å². The summed E-state index contributed by atoms with van der Waals surface area (Å²) in [6.45, 7) is 9.51. The molecular formula is C47H56N6O9. The van der Waals surface area contributed by atoms with Crippen molar-refractivity contribution in [1.82, 2.24) is 20.4 Å². The molecule has 3 aromatic carbocycles. The Hall–Kier alpha value is -6.03. The van der Waals surface area contributed by atoms with E-state index >= 15 is 0 Å². The number of phenolic OH excluding ortho intramolecular Hbond substituents is 1. The number of nitrogens with zero attached hydrogens (tertiary/aromatic N) is 3. The Balaban J connectivity index is 0.662. The summed E-state index contributed by atoms with van der Waals surface area (Å²) in [7, 11) is 0. The van der Waals surface area contributed by atoms with Crippen LogP contribution in [0.15, 0.2) is 91.3 Å². The number of piperidine rings is 1. The number of hydrogen-bond donors (Lipinski definition) is 4. The van der Waals surface area contributed by atoms with E-state index in [4.69, 9.17) is 14.2 Å². The van der Waals surface area contributed by atoms with Gasteiger partial charge in [0.1, 0.15) is 11.8 Å². The average molecular weight is 849 g/mol. The molecule has 0 saturated carbocycles. The number of allylic oxidation sites excluding steroid dienone is 2. The number of aryl methyl sites for hydroxylation is 1. The van der Waals surface area contributed by atoms with E-state index in [2.05, 4.69) is 56.6 Å². The van der Waals surface area contributed by atoms with Crippen LogP contribution in [0.3, 0.4) is 0 Å². The molecule has 15 heteroatoms. The zero-order valence-electron chi connectivity index (χ0n) is 35.0. The predicted molar refractivity (Wildman–Crippen MR) is 233 cm³/mol. The first-order valence-corrected chi connectivity index (χ1v) is 21.5. The molecule has 4 aliphatic rings. The number of anilines is 2. The molecule has 4 N–H and O–H groups in total. The van der Waals surface area contributed by atoms with E-state index in [0.29, 0.717) is 125 Å². The van der Waals surface area contributed by atoms with Gasteiger partial charge in [-0.3, -0.25) is 28.9 Å². The average Bonchev–Trinajstić information content (AvgIpc) is 3.95. The predicted octanol–water partition coefficient (Wildman–Crippen LogP) is 4.43. The number of aromatic hydroxyl groups is 1. The lowest BCUT2D eigenvalue weighted by Crippen LogP contribution is -2.51. The van der Waals surface area contributed by atoms with E-state index in [1.807, 2.05) is 6.20 Å². The van der Waals surface area contributed by atoms with Gasteiger partial charge in [0, 0.05) is 87.2 Å². The zero-order chi connectivity index (χ0) is 43.4. The van der Waals surface area contributed by atoms with Crippen molar-refractivity contribution in [2.24, 2.45) is 0 Å². The Labute approximate surface area is 362 Å². The molecule has 0 spiro atoms. The molecule has 4 aliphatic heterocycles. The second-order valence-electron chi connectivity index (χ2n) is 16.0. The van der Waals surface area contributed by atoms with Crippen molar-refractivity contribution in [2.75, 3.05) is 76.0 Å². The first-order valence-electron chi connectivity index (χ1n) is 21.5. The van der Waals surface area contributed by atoms with Gasteiger partial charge in [-0.2, -0.15) is 0 Å². The summed E-state index contributed by atoms with van der Waals surface area (Å²) in [5.41, 5.74) is 4.49. The number of imide groups is 1. The molecule has 15 nitrogen and oxygen atoms in total. The van der Waals surface area contributed by atoms with Crippen LogP contribution in [-0.4, -0.2) is 128 Å². The van der Waals surface area contributed by atoms with Crippen LogP contribution in [0.1, 0.15) is 75.2 Å². The number of ether oxygens (including phenoxy) is 3. The third kappa shape index (κ3) is 11.1. The minimum Gasteiger partial charge on any atom is -0.507 e. The lowest BCUT2D eigenvalue weighted by atomic mass is 10.0. The Morgan fingerprint density at radius 1 is 0.839 bits per heavy atom. The van der Waals surface area contributed by atoms with Crippen LogP contribution in [0.4, 0.5) is 11.4 Å². The molecule has 4 amide bonds. The number of ketones is 1. The molecule has 3 fully saturated rings. The molecule has 62 heavy (non-hydrogen) atoms. The molecule has 3 aromatic rings. The fourth-order valence-electron chi connectivity index (χ4n) is 8.34. The smallest absolute Gasteiger partial charge is 0.262 e. The highest BCUT2D eigenvalue weighted by molar-refractivity contribution is 6.23. The van der Waals surface area contributed by atoms with E-state index in [1.54, 1.807) is 42.5 Å². The van der Waals surface area contributed by atoms with Crippen molar-refractivity contribution in [3.63, 3.8) is 0 Å². The second-order valence-corrected chi connectivity index (χ2v) is 16.0. The third-order valence-electron chi connectivity index (χ3n) is 11.7. The summed E-state index contributed by atoms with van der Waals surface area (Å²) in [5, 5.41) is 18.8. The van der Waals surface area contributed by atoms with Crippen molar-refractivity contribution in [2.45, 2.75) is 63.1 Å². The Bertz CT molecular complexity index is 2140. The molecule has 3 atom stereocenters. The Kier molecular flexibility index (Phi) is 15.0. The van der Waals surface area contributed by atoms with Gasteiger partial charge in [-0.05, 0) is 86.6 Å². The number of phenols is 1. The summed E-state index contributed by atoms with van der Waals surface area (Å²) in [5.74, 6) is -1.49. The maximum absolute atomic E-state index is 13.1. The Morgan fingerprint density at radius 3 is 2.26 bits per heavy atom.